The van der Waals surface area contributed by atoms with E-state index in [2.05, 4.69) is 35.4 Å². The SMILES string of the molecule is Cc1ccc2[nH]c3c(c2c1)CCC[C@@H]3Nc1cccc([N+](=O)[O-])c1. The van der Waals surface area contributed by atoms with Crippen molar-refractivity contribution in [1.29, 1.82) is 0 Å². The predicted octanol–water partition coefficient (Wildman–Crippen LogP) is 4.87. The van der Waals surface area contributed by atoms with Crippen molar-refractivity contribution in [3.05, 3.63) is 69.4 Å². The Bertz CT molecular complexity index is 930. The lowest BCUT2D eigenvalue weighted by Crippen LogP contribution is -2.17. The summed E-state index contributed by atoms with van der Waals surface area (Å²) in [6.07, 6.45) is 3.20. The molecule has 0 bridgehead atoms. The number of hydrogen-bond acceptors (Lipinski definition) is 3. The highest BCUT2D eigenvalue weighted by molar-refractivity contribution is 5.86. The first-order valence-corrected chi connectivity index (χ1v) is 8.24. The number of rotatable bonds is 3. The van der Waals surface area contributed by atoms with Crippen molar-refractivity contribution >= 4 is 22.3 Å². The van der Waals surface area contributed by atoms with E-state index in [4.69, 9.17) is 0 Å². The third kappa shape index (κ3) is 2.52. The second-order valence-corrected chi connectivity index (χ2v) is 6.46. The standard InChI is InChI=1S/C19H19N3O2/c1-12-8-9-17-16(10-12)15-6-3-7-18(19(15)21-17)20-13-4-2-5-14(11-13)22(23)24/h2,4-5,8-11,18,20-21H,3,6-7H2,1H3/t18-/m0/s1. The van der Waals surface area contributed by atoms with Crippen molar-refractivity contribution in [3.63, 3.8) is 0 Å². The van der Waals surface area contributed by atoms with Gasteiger partial charge in [0.15, 0.2) is 0 Å². The van der Waals surface area contributed by atoms with E-state index in [9.17, 15) is 10.1 Å². The molecule has 0 spiro atoms. The summed E-state index contributed by atoms with van der Waals surface area (Å²) in [7, 11) is 0. The number of nitrogens with one attached hydrogen (secondary N) is 2. The van der Waals surface area contributed by atoms with Crippen LogP contribution in [0, 0.1) is 17.0 Å². The van der Waals surface area contributed by atoms with Crippen LogP contribution < -0.4 is 5.32 Å². The Kier molecular flexibility index (Phi) is 3.49. The van der Waals surface area contributed by atoms with Crippen molar-refractivity contribution in [2.75, 3.05) is 5.32 Å². The molecule has 1 aromatic heterocycles. The fraction of sp³-hybridized carbons (Fsp3) is 0.263. The van der Waals surface area contributed by atoms with Crippen molar-refractivity contribution in [2.45, 2.75) is 32.2 Å². The second kappa shape index (κ2) is 5.67. The number of nitro groups is 1. The topological polar surface area (TPSA) is 71.0 Å². The summed E-state index contributed by atoms with van der Waals surface area (Å²) >= 11 is 0. The van der Waals surface area contributed by atoms with Crippen molar-refractivity contribution in [1.82, 2.24) is 4.98 Å². The highest BCUT2D eigenvalue weighted by Crippen LogP contribution is 2.37. The molecule has 1 heterocycles. The Labute approximate surface area is 139 Å². The van der Waals surface area contributed by atoms with Gasteiger partial charge in [0.2, 0.25) is 0 Å². The van der Waals surface area contributed by atoms with Crippen LogP contribution in [0.4, 0.5) is 11.4 Å². The molecular formula is C19H19N3O2. The Balaban J connectivity index is 1.70. The minimum absolute atomic E-state index is 0.114. The number of benzene rings is 2. The highest BCUT2D eigenvalue weighted by Gasteiger charge is 2.24. The minimum atomic E-state index is -0.358. The Morgan fingerprint density at radius 2 is 2.12 bits per heavy atom. The lowest BCUT2D eigenvalue weighted by molar-refractivity contribution is -0.384. The quantitative estimate of drug-likeness (QED) is 0.534. The van der Waals surface area contributed by atoms with Gasteiger partial charge in [0.1, 0.15) is 0 Å². The van der Waals surface area contributed by atoms with Gasteiger partial charge in [-0.25, -0.2) is 0 Å². The highest BCUT2D eigenvalue weighted by atomic mass is 16.6. The van der Waals surface area contributed by atoms with Crippen LogP contribution in [-0.2, 0) is 6.42 Å². The van der Waals surface area contributed by atoms with E-state index in [-0.39, 0.29) is 16.7 Å². The third-order valence-electron chi connectivity index (χ3n) is 4.76. The molecule has 2 aromatic carbocycles. The van der Waals surface area contributed by atoms with E-state index >= 15 is 0 Å². The maximum absolute atomic E-state index is 11.0. The number of aromatic amines is 1. The monoisotopic (exact) mass is 321 g/mol. The zero-order valence-electron chi connectivity index (χ0n) is 13.5. The predicted molar refractivity (Wildman–Crippen MR) is 95.4 cm³/mol. The number of fused-ring (bicyclic) bond motifs is 3. The summed E-state index contributed by atoms with van der Waals surface area (Å²) in [6.45, 7) is 2.11. The minimum Gasteiger partial charge on any atom is -0.377 e. The molecule has 2 N–H and O–H groups in total. The molecule has 1 atom stereocenters. The Morgan fingerprint density at radius 1 is 1.25 bits per heavy atom. The van der Waals surface area contributed by atoms with Crippen LogP contribution in [-0.4, -0.2) is 9.91 Å². The molecular weight excluding hydrogens is 302 g/mol. The van der Waals surface area contributed by atoms with Gasteiger partial charge >= 0.3 is 0 Å². The molecule has 122 valence electrons. The third-order valence-corrected chi connectivity index (χ3v) is 4.76. The molecule has 0 fully saturated rings. The molecule has 0 saturated heterocycles. The van der Waals surface area contributed by atoms with Crippen LogP contribution in [0.15, 0.2) is 42.5 Å². The van der Waals surface area contributed by atoms with Crippen LogP contribution >= 0.6 is 0 Å². The second-order valence-electron chi connectivity index (χ2n) is 6.46. The average Bonchev–Trinajstić information content (AvgIpc) is 2.94. The summed E-state index contributed by atoms with van der Waals surface area (Å²) in [5.74, 6) is 0. The van der Waals surface area contributed by atoms with Crippen molar-refractivity contribution in [2.24, 2.45) is 0 Å². The van der Waals surface area contributed by atoms with Gasteiger partial charge in [-0.2, -0.15) is 0 Å². The smallest absolute Gasteiger partial charge is 0.271 e. The average molecular weight is 321 g/mol. The van der Waals surface area contributed by atoms with Gasteiger partial charge < -0.3 is 10.3 Å². The van der Waals surface area contributed by atoms with Gasteiger partial charge in [-0.05, 0) is 49.9 Å². The first kappa shape index (κ1) is 14.8. The van der Waals surface area contributed by atoms with E-state index in [1.807, 2.05) is 6.07 Å². The van der Waals surface area contributed by atoms with Gasteiger partial charge in [-0.15, -0.1) is 0 Å². The number of aryl methyl sites for hydroxylation is 2. The number of anilines is 1. The van der Waals surface area contributed by atoms with E-state index < -0.39 is 0 Å². The molecule has 5 nitrogen and oxygen atoms in total. The summed E-state index contributed by atoms with van der Waals surface area (Å²) in [4.78, 5) is 14.2. The molecule has 0 aliphatic heterocycles. The van der Waals surface area contributed by atoms with Crippen molar-refractivity contribution < 1.29 is 4.92 Å². The molecule has 3 aromatic rings. The lowest BCUT2D eigenvalue weighted by Gasteiger charge is -2.24. The normalized spacial score (nSPS) is 16.8. The van der Waals surface area contributed by atoms with Crippen LogP contribution in [0.2, 0.25) is 0 Å². The van der Waals surface area contributed by atoms with Gasteiger partial charge in [0.05, 0.1) is 11.0 Å². The van der Waals surface area contributed by atoms with Gasteiger partial charge in [0, 0.05) is 34.4 Å². The molecule has 0 amide bonds. The number of hydrogen-bond donors (Lipinski definition) is 2. The maximum atomic E-state index is 11.0. The van der Waals surface area contributed by atoms with Crippen LogP contribution in [0.3, 0.4) is 0 Å². The number of non-ortho nitro benzene ring substituents is 1. The molecule has 4 rings (SSSR count). The fourth-order valence-corrected chi connectivity index (χ4v) is 3.63. The Hall–Kier alpha value is -2.82. The van der Waals surface area contributed by atoms with Gasteiger partial charge in [0.25, 0.3) is 5.69 Å². The van der Waals surface area contributed by atoms with Crippen LogP contribution in [0.1, 0.15) is 35.7 Å². The van der Waals surface area contributed by atoms with E-state index in [1.165, 1.54) is 33.8 Å². The van der Waals surface area contributed by atoms with E-state index in [1.54, 1.807) is 12.1 Å². The molecule has 0 radical (unpaired) electrons. The molecule has 5 heteroatoms. The van der Waals surface area contributed by atoms with Gasteiger partial charge in [-0.1, -0.05) is 17.7 Å². The summed E-state index contributed by atoms with van der Waals surface area (Å²) in [6, 6.07) is 13.4. The lowest BCUT2D eigenvalue weighted by atomic mass is 9.91. The molecule has 0 unspecified atom stereocenters. The molecule has 1 aliphatic rings. The molecule has 1 aliphatic carbocycles. The summed E-state index contributed by atoms with van der Waals surface area (Å²) < 4.78 is 0. The van der Waals surface area contributed by atoms with Crippen LogP contribution in [0.5, 0.6) is 0 Å². The summed E-state index contributed by atoms with van der Waals surface area (Å²) in [5, 5.41) is 15.7. The van der Waals surface area contributed by atoms with Gasteiger partial charge in [-0.3, -0.25) is 10.1 Å². The maximum Gasteiger partial charge on any atom is 0.271 e. The van der Waals surface area contributed by atoms with Crippen molar-refractivity contribution in [3.8, 4) is 0 Å². The zero-order valence-corrected chi connectivity index (χ0v) is 13.5. The summed E-state index contributed by atoms with van der Waals surface area (Å²) in [5.41, 5.74) is 5.92. The molecule has 0 saturated carbocycles. The fourth-order valence-electron chi connectivity index (χ4n) is 3.63. The number of H-pyrrole nitrogens is 1. The van der Waals surface area contributed by atoms with E-state index in [0.29, 0.717) is 0 Å². The largest absolute Gasteiger partial charge is 0.377 e. The van der Waals surface area contributed by atoms with E-state index in [0.717, 1.165) is 24.9 Å². The first-order valence-electron chi connectivity index (χ1n) is 8.24. The number of nitrogens with zero attached hydrogens (tertiary/aromatic N) is 1. The Morgan fingerprint density at radius 3 is 2.96 bits per heavy atom. The number of nitro benzene ring substituents is 1. The first-order chi connectivity index (χ1) is 11.6. The molecule has 24 heavy (non-hydrogen) atoms. The number of aromatic nitrogens is 1. The van der Waals surface area contributed by atoms with Crippen LogP contribution in [0.25, 0.3) is 10.9 Å². The zero-order chi connectivity index (χ0) is 16.7.